The van der Waals surface area contributed by atoms with E-state index in [2.05, 4.69) is 24.2 Å². The molecule has 1 aliphatic heterocycles. The Kier molecular flexibility index (Phi) is 8.50. The molecule has 0 aliphatic carbocycles. The van der Waals surface area contributed by atoms with Crippen molar-refractivity contribution < 1.29 is 19.5 Å². The lowest BCUT2D eigenvalue weighted by molar-refractivity contribution is -0.255. The number of unbranched alkanes of at least 4 members (excludes halogenated alkanes) is 2. The van der Waals surface area contributed by atoms with E-state index in [-0.39, 0.29) is 23.8 Å². The van der Waals surface area contributed by atoms with E-state index in [1.807, 2.05) is 0 Å². The van der Waals surface area contributed by atoms with E-state index in [4.69, 9.17) is 0 Å². The fraction of sp³-hybridized carbons (Fsp3) is 0.500. The van der Waals surface area contributed by atoms with Crippen molar-refractivity contribution in [3.63, 3.8) is 0 Å². The molecule has 8 heteroatoms. The van der Waals surface area contributed by atoms with Gasteiger partial charge >= 0.3 is 0 Å². The second-order valence-electron chi connectivity index (χ2n) is 6.58. The molecule has 2 rings (SSSR count). The van der Waals surface area contributed by atoms with Gasteiger partial charge in [0.25, 0.3) is 0 Å². The molecule has 1 aromatic rings. The third-order valence-electron chi connectivity index (χ3n) is 4.31. The van der Waals surface area contributed by atoms with Gasteiger partial charge in [-0.1, -0.05) is 50.6 Å². The van der Waals surface area contributed by atoms with Crippen LogP contribution in [0.1, 0.15) is 56.3 Å². The number of carboxylic acid groups (broad SMARTS) is 1. The lowest BCUT2D eigenvalue weighted by Crippen LogP contribution is -2.45. The summed E-state index contributed by atoms with van der Waals surface area (Å²) in [4.78, 5) is 42.3. The first-order valence-electron chi connectivity index (χ1n) is 9.60. The van der Waals surface area contributed by atoms with E-state index in [1.54, 1.807) is 4.90 Å². The largest absolute Gasteiger partial charge is 0.545 e. The number of aromatic carboxylic acids is 1. The van der Waals surface area contributed by atoms with Crippen molar-refractivity contribution in [2.45, 2.75) is 51.2 Å². The van der Waals surface area contributed by atoms with Gasteiger partial charge in [0, 0.05) is 25.2 Å². The Labute approximate surface area is 169 Å². The van der Waals surface area contributed by atoms with Gasteiger partial charge in [-0.15, -0.1) is 0 Å². The zero-order chi connectivity index (χ0) is 20.5. The van der Waals surface area contributed by atoms with Gasteiger partial charge < -0.3 is 15.2 Å². The molecule has 152 valence electrons. The summed E-state index contributed by atoms with van der Waals surface area (Å²) in [6, 6.07) is 5.74. The van der Waals surface area contributed by atoms with Crippen molar-refractivity contribution in [2.75, 3.05) is 18.4 Å². The van der Waals surface area contributed by atoms with E-state index >= 15 is 0 Å². The average Bonchev–Trinajstić information content (AvgIpc) is 2.67. The molecule has 0 saturated carbocycles. The molecule has 1 heterocycles. The van der Waals surface area contributed by atoms with Crippen LogP contribution in [0.5, 0.6) is 0 Å². The van der Waals surface area contributed by atoms with Crippen LogP contribution in [0.3, 0.4) is 0 Å². The summed E-state index contributed by atoms with van der Waals surface area (Å²) >= 11 is 1.32. The number of aliphatic imine (C=N–C) groups is 1. The van der Waals surface area contributed by atoms with Crippen LogP contribution in [0.4, 0.5) is 5.69 Å². The summed E-state index contributed by atoms with van der Waals surface area (Å²) in [6.07, 6.45) is 3.92. The summed E-state index contributed by atoms with van der Waals surface area (Å²) in [7, 11) is 0. The van der Waals surface area contributed by atoms with Crippen LogP contribution >= 0.6 is 11.8 Å². The number of nitrogens with one attached hydrogen (secondary N) is 1. The minimum Gasteiger partial charge on any atom is -0.545 e. The maximum Gasteiger partial charge on any atom is 0.238 e. The highest BCUT2D eigenvalue weighted by atomic mass is 32.2. The fourth-order valence-corrected chi connectivity index (χ4v) is 3.79. The molecule has 0 radical (unpaired) electrons. The predicted octanol–water partition coefficient (Wildman–Crippen LogP) is 2.28. The van der Waals surface area contributed by atoms with Crippen LogP contribution in [0.25, 0.3) is 0 Å². The van der Waals surface area contributed by atoms with Gasteiger partial charge in [-0.3, -0.25) is 19.5 Å². The number of benzene rings is 1. The number of thioether (sulfide) groups is 1. The first-order chi connectivity index (χ1) is 13.5. The van der Waals surface area contributed by atoms with Gasteiger partial charge in [0.05, 0.1) is 5.97 Å². The molecule has 1 aromatic carbocycles. The Morgan fingerprint density at radius 1 is 1.21 bits per heavy atom. The highest BCUT2D eigenvalue weighted by Crippen LogP contribution is 2.28. The second kappa shape index (κ2) is 10.8. The molecule has 28 heavy (non-hydrogen) atoms. The van der Waals surface area contributed by atoms with E-state index in [9.17, 15) is 19.5 Å². The first kappa shape index (κ1) is 21.9. The Bertz CT molecular complexity index is 733. The van der Waals surface area contributed by atoms with Crippen LogP contribution in [0, 0.1) is 0 Å². The minimum atomic E-state index is -1.27. The van der Waals surface area contributed by atoms with Gasteiger partial charge in [0.1, 0.15) is 5.25 Å². The molecule has 1 N–H and O–H groups in total. The Hall–Kier alpha value is -2.35. The number of carboxylic acids is 1. The molecule has 1 atom stereocenters. The Morgan fingerprint density at radius 2 is 1.89 bits per heavy atom. The Balaban J connectivity index is 2.07. The van der Waals surface area contributed by atoms with Crippen molar-refractivity contribution in [2.24, 2.45) is 4.99 Å². The maximum atomic E-state index is 12.6. The van der Waals surface area contributed by atoms with Crippen LogP contribution in [-0.2, 0) is 9.59 Å². The van der Waals surface area contributed by atoms with Crippen molar-refractivity contribution >= 4 is 40.4 Å². The molecule has 1 fully saturated rings. The number of nitrogens with zero attached hydrogens (tertiary/aromatic N) is 2. The molecule has 1 saturated heterocycles. The van der Waals surface area contributed by atoms with Crippen molar-refractivity contribution in [1.82, 2.24) is 4.90 Å². The number of amides is 2. The molecule has 0 aromatic heterocycles. The smallest absolute Gasteiger partial charge is 0.238 e. The van der Waals surface area contributed by atoms with Crippen molar-refractivity contribution in [3.8, 4) is 0 Å². The summed E-state index contributed by atoms with van der Waals surface area (Å²) < 4.78 is 0. The first-order valence-corrected chi connectivity index (χ1v) is 10.5. The molecule has 0 spiro atoms. The van der Waals surface area contributed by atoms with Crippen LogP contribution < -0.4 is 10.4 Å². The summed E-state index contributed by atoms with van der Waals surface area (Å²) in [5, 5.41) is 13.6. The summed E-state index contributed by atoms with van der Waals surface area (Å²) in [5.41, 5.74) is 0.512. The Morgan fingerprint density at radius 3 is 2.50 bits per heavy atom. The number of rotatable bonds is 9. The minimum absolute atomic E-state index is 0.0390. The van der Waals surface area contributed by atoms with Crippen LogP contribution in [0.15, 0.2) is 29.3 Å². The highest BCUT2D eigenvalue weighted by Gasteiger charge is 2.35. The number of carbonyl (C=O) groups excluding carboxylic acids is 3. The molecule has 7 nitrogen and oxygen atoms in total. The summed E-state index contributed by atoms with van der Waals surface area (Å²) in [5.74, 6) is -1.65. The third kappa shape index (κ3) is 6.09. The fourth-order valence-electron chi connectivity index (χ4n) is 2.66. The quantitative estimate of drug-likeness (QED) is 0.636. The SMILES string of the molecule is CCCCN=C1S[C@H](C(=O)Nc2ccc(C(=O)[O-])cc2)CC(=O)N1CCCC. The molecular formula is C20H26N3O4S-. The lowest BCUT2D eigenvalue weighted by atomic mass is 10.2. The van der Waals surface area contributed by atoms with E-state index in [1.165, 1.54) is 36.0 Å². The van der Waals surface area contributed by atoms with Gasteiger partial charge in [0.2, 0.25) is 11.8 Å². The number of amidine groups is 1. The van der Waals surface area contributed by atoms with Crippen LogP contribution in [0.2, 0.25) is 0 Å². The monoisotopic (exact) mass is 404 g/mol. The third-order valence-corrected chi connectivity index (χ3v) is 5.54. The van der Waals surface area contributed by atoms with E-state index < -0.39 is 11.2 Å². The number of anilines is 1. The molecule has 0 unspecified atom stereocenters. The zero-order valence-electron chi connectivity index (χ0n) is 16.3. The predicted molar refractivity (Wildman–Crippen MR) is 109 cm³/mol. The number of carbonyl (C=O) groups is 3. The molecular weight excluding hydrogens is 378 g/mol. The van der Waals surface area contributed by atoms with E-state index in [0.29, 0.717) is 23.9 Å². The normalized spacial score (nSPS) is 18.4. The molecule has 2 amide bonds. The van der Waals surface area contributed by atoms with Gasteiger partial charge in [0.15, 0.2) is 5.17 Å². The zero-order valence-corrected chi connectivity index (χ0v) is 17.1. The highest BCUT2D eigenvalue weighted by molar-refractivity contribution is 8.15. The number of hydrogen-bond acceptors (Lipinski definition) is 6. The van der Waals surface area contributed by atoms with Crippen molar-refractivity contribution in [3.05, 3.63) is 29.8 Å². The van der Waals surface area contributed by atoms with Crippen molar-refractivity contribution in [1.29, 1.82) is 0 Å². The topological polar surface area (TPSA) is 102 Å². The van der Waals surface area contributed by atoms with Gasteiger partial charge in [-0.25, -0.2) is 0 Å². The van der Waals surface area contributed by atoms with E-state index in [0.717, 1.165) is 25.7 Å². The van der Waals surface area contributed by atoms with Crippen LogP contribution in [-0.4, -0.2) is 46.2 Å². The lowest BCUT2D eigenvalue weighted by Gasteiger charge is -2.31. The van der Waals surface area contributed by atoms with Gasteiger partial charge in [-0.2, -0.15) is 0 Å². The standard InChI is InChI=1S/C20H27N3O4S/c1-3-5-11-21-20-23(12-6-4-2)17(24)13-16(28-20)18(25)22-15-9-7-14(8-10-15)19(26)27/h7-10,16H,3-6,11-13H2,1-2H3,(H,22,25)(H,26,27)/p-1/t16-/m0/s1. The van der Waals surface area contributed by atoms with Gasteiger partial charge in [-0.05, 0) is 30.5 Å². The second-order valence-corrected chi connectivity index (χ2v) is 7.75. The maximum absolute atomic E-state index is 12.6. The summed E-state index contributed by atoms with van der Waals surface area (Å²) in [6.45, 7) is 5.40. The average molecular weight is 405 g/mol. The number of hydrogen-bond donors (Lipinski definition) is 1. The molecule has 0 bridgehead atoms. The molecule has 1 aliphatic rings.